The zero-order valence-electron chi connectivity index (χ0n) is 20.7. The van der Waals surface area contributed by atoms with Gasteiger partial charge in [-0.05, 0) is 72.6 Å². The van der Waals surface area contributed by atoms with Crippen molar-refractivity contribution in [2.75, 3.05) is 26.4 Å². The maximum Gasteiger partial charge on any atom is 0.162 e. The van der Waals surface area contributed by atoms with E-state index in [0.717, 1.165) is 58.2 Å². The van der Waals surface area contributed by atoms with Gasteiger partial charge in [-0.3, -0.25) is 0 Å². The fourth-order valence-electron chi connectivity index (χ4n) is 4.13. The predicted octanol–water partition coefficient (Wildman–Crippen LogP) is 6.96. The molecule has 4 nitrogen and oxygen atoms in total. The van der Waals surface area contributed by atoms with E-state index in [2.05, 4.69) is 37.8 Å². The van der Waals surface area contributed by atoms with Crippen LogP contribution in [-0.4, -0.2) is 38.0 Å². The van der Waals surface area contributed by atoms with Crippen LogP contribution in [-0.2, 0) is 18.9 Å². The van der Waals surface area contributed by atoms with Gasteiger partial charge in [0.15, 0.2) is 11.6 Å². The summed E-state index contributed by atoms with van der Waals surface area (Å²) < 4.78 is 24.0. The first-order chi connectivity index (χ1) is 14.7. The Morgan fingerprint density at radius 1 is 0.677 bits per heavy atom. The van der Waals surface area contributed by atoms with Crippen LogP contribution in [0.2, 0.25) is 0 Å². The SMILES string of the molecule is C=CCC1(C/C=C/CCCC2(C/C=C/CCC)COC(C)(C)OC2)COC(C)(C)OC1. The standard InChI is InChI=1S/C27H46O4/c1-7-9-10-13-18-27(22-30-25(5,6)31-23-27)19-15-12-11-14-17-26(16-8-2)20-28-24(3,4)29-21-26/h8,10-11,13-14H,2,7,9,12,15-23H2,1,3-6H3/b13-10+,14-11+. The molecule has 0 unspecified atom stereocenters. The van der Waals surface area contributed by atoms with Crippen LogP contribution in [0, 0.1) is 10.8 Å². The second-order valence-electron chi connectivity index (χ2n) is 10.5. The van der Waals surface area contributed by atoms with Crippen molar-refractivity contribution >= 4 is 0 Å². The first-order valence-corrected chi connectivity index (χ1v) is 12.1. The summed E-state index contributed by atoms with van der Waals surface area (Å²) >= 11 is 0. The summed E-state index contributed by atoms with van der Waals surface area (Å²) in [6, 6.07) is 0. The number of hydrogen-bond donors (Lipinski definition) is 0. The molecule has 2 aliphatic rings. The summed E-state index contributed by atoms with van der Waals surface area (Å²) in [6.45, 7) is 17.1. The molecular formula is C27H46O4. The van der Waals surface area contributed by atoms with E-state index in [1.807, 2.05) is 33.8 Å². The van der Waals surface area contributed by atoms with E-state index in [4.69, 9.17) is 18.9 Å². The smallest absolute Gasteiger partial charge is 0.162 e. The Hall–Kier alpha value is -0.940. The van der Waals surface area contributed by atoms with Crippen molar-refractivity contribution in [3.05, 3.63) is 37.0 Å². The van der Waals surface area contributed by atoms with Gasteiger partial charge in [-0.15, -0.1) is 6.58 Å². The summed E-state index contributed by atoms with van der Waals surface area (Å²) in [5.74, 6) is -0.943. The zero-order chi connectivity index (χ0) is 22.8. The van der Waals surface area contributed by atoms with Crippen LogP contribution in [0.3, 0.4) is 0 Å². The van der Waals surface area contributed by atoms with E-state index in [1.54, 1.807) is 0 Å². The second kappa shape index (κ2) is 11.8. The number of allylic oxidation sites excluding steroid dienone is 5. The lowest BCUT2D eigenvalue weighted by molar-refractivity contribution is -0.286. The van der Waals surface area contributed by atoms with Crippen LogP contribution >= 0.6 is 0 Å². The highest BCUT2D eigenvalue weighted by Crippen LogP contribution is 2.38. The highest BCUT2D eigenvalue weighted by atomic mass is 16.7. The summed E-state index contributed by atoms with van der Waals surface area (Å²) in [7, 11) is 0. The van der Waals surface area contributed by atoms with Crippen LogP contribution in [0.4, 0.5) is 0 Å². The Kier molecular flexibility index (Phi) is 10.0. The van der Waals surface area contributed by atoms with Gasteiger partial charge in [0.05, 0.1) is 26.4 Å². The third-order valence-electron chi connectivity index (χ3n) is 6.45. The molecule has 0 aromatic heterocycles. The minimum atomic E-state index is -0.479. The lowest BCUT2D eigenvalue weighted by Gasteiger charge is -2.43. The van der Waals surface area contributed by atoms with E-state index in [-0.39, 0.29) is 10.8 Å². The molecule has 4 heteroatoms. The van der Waals surface area contributed by atoms with Crippen molar-refractivity contribution in [1.82, 2.24) is 0 Å². The van der Waals surface area contributed by atoms with Gasteiger partial charge in [0.1, 0.15) is 0 Å². The Morgan fingerprint density at radius 2 is 1.16 bits per heavy atom. The molecule has 2 aliphatic heterocycles. The highest BCUT2D eigenvalue weighted by molar-refractivity contribution is 4.98. The minimum Gasteiger partial charge on any atom is -0.350 e. The third-order valence-corrected chi connectivity index (χ3v) is 6.45. The summed E-state index contributed by atoms with van der Waals surface area (Å²) in [5.41, 5.74) is 0.101. The Labute approximate surface area is 191 Å². The molecule has 0 amide bonds. The number of hydrogen-bond acceptors (Lipinski definition) is 4. The van der Waals surface area contributed by atoms with Crippen molar-refractivity contribution < 1.29 is 18.9 Å². The van der Waals surface area contributed by atoms with Crippen LogP contribution < -0.4 is 0 Å². The van der Waals surface area contributed by atoms with Gasteiger partial charge in [0.25, 0.3) is 0 Å². The average Bonchev–Trinajstić information content (AvgIpc) is 2.73. The molecule has 0 N–H and O–H groups in total. The molecule has 0 aromatic carbocycles. The van der Waals surface area contributed by atoms with Crippen LogP contribution in [0.25, 0.3) is 0 Å². The van der Waals surface area contributed by atoms with Gasteiger partial charge >= 0.3 is 0 Å². The normalized spacial score (nSPS) is 24.5. The lowest BCUT2D eigenvalue weighted by atomic mass is 9.79. The van der Waals surface area contributed by atoms with E-state index < -0.39 is 11.6 Å². The van der Waals surface area contributed by atoms with E-state index in [9.17, 15) is 0 Å². The molecule has 0 aliphatic carbocycles. The number of rotatable bonds is 12. The van der Waals surface area contributed by atoms with Crippen molar-refractivity contribution in [3.8, 4) is 0 Å². The van der Waals surface area contributed by atoms with Crippen molar-refractivity contribution in [2.45, 2.75) is 97.6 Å². The van der Waals surface area contributed by atoms with Gasteiger partial charge in [-0.25, -0.2) is 0 Å². The quantitative estimate of drug-likeness (QED) is 0.246. The fourth-order valence-corrected chi connectivity index (χ4v) is 4.13. The minimum absolute atomic E-state index is 0.00962. The van der Waals surface area contributed by atoms with Crippen molar-refractivity contribution in [3.63, 3.8) is 0 Å². The second-order valence-corrected chi connectivity index (χ2v) is 10.5. The first kappa shape index (κ1) is 26.3. The molecule has 2 saturated heterocycles. The van der Waals surface area contributed by atoms with E-state index in [1.165, 1.54) is 6.42 Å². The number of ether oxygens (including phenoxy) is 4. The predicted molar refractivity (Wildman–Crippen MR) is 128 cm³/mol. The average molecular weight is 435 g/mol. The lowest BCUT2D eigenvalue weighted by Crippen LogP contribution is -2.46. The monoisotopic (exact) mass is 434 g/mol. The Balaban J connectivity index is 1.83. The van der Waals surface area contributed by atoms with Crippen molar-refractivity contribution in [2.24, 2.45) is 10.8 Å². The first-order valence-electron chi connectivity index (χ1n) is 12.1. The van der Waals surface area contributed by atoms with Crippen LogP contribution in [0.5, 0.6) is 0 Å². The third kappa shape index (κ3) is 8.84. The molecular weight excluding hydrogens is 388 g/mol. The van der Waals surface area contributed by atoms with Gasteiger partial charge < -0.3 is 18.9 Å². The molecule has 178 valence electrons. The highest BCUT2D eigenvalue weighted by Gasteiger charge is 2.39. The van der Waals surface area contributed by atoms with E-state index >= 15 is 0 Å². The van der Waals surface area contributed by atoms with Crippen LogP contribution in [0.1, 0.15) is 86.0 Å². The largest absolute Gasteiger partial charge is 0.350 e. The Morgan fingerprint density at radius 3 is 1.68 bits per heavy atom. The zero-order valence-corrected chi connectivity index (χ0v) is 20.7. The molecule has 2 heterocycles. The molecule has 31 heavy (non-hydrogen) atoms. The molecule has 0 spiro atoms. The maximum absolute atomic E-state index is 6.04. The van der Waals surface area contributed by atoms with E-state index in [0.29, 0.717) is 13.2 Å². The van der Waals surface area contributed by atoms with Gasteiger partial charge in [-0.2, -0.15) is 0 Å². The van der Waals surface area contributed by atoms with Crippen molar-refractivity contribution in [1.29, 1.82) is 0 Å². The molecule has 0 saturated carbocycles. The van der Waals surface area contributed by atoms with Gasteiger partial charge in [0.2, 0.25) is 0 Å². The Bertz CT molecular complexity index is 582. The number of unbranched alkanes of at least 4 members (excludes halogenated alkanes) is 2. The van der Waals surface area contributed by atoms with Crippen LogP contribution in [0.15, 0.2) is 37.0 Å². The molecule has 2 fully saturated rings. The molecule has 0 atom stereocenters. The summed E-state index contributed by atoms with van der Waals surface area (Å²) in [6.07, 6.45) is 19.8. The molecule has 0 radical (unpaired) electrons. The summed E-state index contributed by atoms with van der Waals surface area (Å²) in [5, 5.41) is 0. The summed E-state index contributed by atoms with van der Waals surface area (Å²) in [4.78, 5) is 0. The topological polar surface area (TPSA) is 36.9 Å². The fraction of sp³-hybridized carbons (Fsp3) is 0.778. The van der Waals surface area contributed by atoms with Gasteiger partial charge in [-0.1, -0.05) is 43.7 Å². The molecule has 0 bridgehead atoms. The maximum atomic E-state index is 6.04. The molecule has 2 rings (SSSR count). The molecule has 0 aromatic rings. The van der Waals surface area contributed by atoms with Gasteiger partial charge in [0, 0.05) is 10.8 Å².